The molecule has 98 valence electrons. The number of ether oxygens (including phenoxy) is 3. The summed E-state index contributed by atoms with van der Waals surface area (Å²) in [6, 6.07) is 0. The average Bonchev–Trinajstić information content (AvgIpc) is 2.15. The average molecular weight is 256 g/mol. The monoisotopic (exact) mass is 256 g/mol. The maximum atomic E-state index is 12.8. The largest absolute Gasteiger partial charge is 0.509 e. The van der Waals surface area contributed by atoms with Crippen LogP contribution in [0.4, 0.5) is 18.0 Å². The minimum absolute atomic E-state index is 0.0444. The molecular formula is C9H11F3O5. The molecule has 0 aliphatic carbocycles. The highest BCUT2D eigenvalue weighted by Gasteiger charge is 2.61. The van der Waals surface area contributed by atoms with Crippen LogP contribution < -0.4 is 0 Å². The fourth-order valence-corrected chi connectivity index (χ4v) is 1.41. The van der Waals surface area contributed by atoms with E-state index in [1.165, 1.54) is 6.92 Å². The van der Waals surface area contributed by atoms with Crippen molar-refractivity contribution in [3.8, 4) is 0 Å². The number of rotatable bonds is 3. The first-order chi connectivity index (χ1) is 7.81. The minimum atomic E-state index is -4.85. The van der Waals surface area contributed by atoms with Gasteiger partial charge in [0.1, 0.15) is 0 Å². The van der Waals surface area contributed by atoms with E-state index in [1.807, 2.05) is 0 Å². The lowest BCUT2D eigenvalue weighted by atomic mass is 9.94. The van der Waals surface area contributed by atoms with Gasteiger partial charge in [-0.25, -0.2) is 4.79 Å². The molecule has 1 aliphatic rings. The number of esters is 1. The van der Waals surface area contributed by atoms with Gasteiger partial charge in [0.2, 0.25) is 5.60 Å². The van der Waals surface area contributed by atoms with Crippen LogP contribution in [0, 0.1) is 0 Å². The van der Waals surface area contributed by atoms with Crippen LogP contribution in [0.2, 0.25) is 0 Å². The molecule has 0 spiro atoms. The number of hydrogen-bond donors (Lipinski definition) is 0. The van der Waals surface area contributed by atoms with Crippen LogP contribution in [0.1, 0.15) is 19.8 Å². The number of alkyl halides is 3. The van der Waals surface area contributed by atoms with Crippen molar-refractivity contribution < 1.29 is 37.0 Å². The second-order valence-electron chi connectivity index (χ2n) is 3.42. The van der Waals surface area contributed by atoms with Gasteiger partial charge in [-0.2, -0.15) is 13.2 Å². The third kappa shape index (κ3) is 3.01. The molecule has 0 N–H and O–H groups in total. The normalized spacial score (nSPS) is 24.8. The Kier molecular flexibility index (Phi) is 3.84. The number of hydrogen-bond acceptors (Lipinski definition) is 5. The van der Waals surface area contributed by atoms with E-state index in [9.17, 15) is 22.8 Å². The van der Waals surface area contributed by atoms with Gasteiger partial charge in [0, 0.05) is 6.42 Å². The summed E-state index contributed by atoms with van der Waals surface area (Å²) >= 11 is 0. The van der Waals surface area contributed by atoms with Gasteiger partial charge in [-0.05, 0) is 6.92 Å². The van der Waals surface area contributed by atoms with Crippen LogP contribution in [0.15, 0.2) is 0 Å². The van der Waals surface area contributed by atoms with Crippen LogP contribution in [-0.4, -0.2) is 37.1 Å². The molecule has 1 atom stereocenters. The fourth-order valence-electron chi connectivity index (χ4n) is 1.41. The molecule has 1 fully saturated rings. The van der Waals surface area contributed by atoms with Gasteiger partial charge >= 0.3 is 18.3 Å². The van der Waals surface area contributed by atoms with Crippen molar-refractivity contribution in [2.24, 2.45) is 0 Å². The molecule has 17 heavy (non-hydrogen) atoms. The quantitative estimate of drug-likeness (QED) is 0.720. The summed E-state index contributed by atoms with van der Waals surface area (Å²) < 4.78 is 51.3. The molecule has 1 heterocycles. The summed E-state index contributed by atoms with van der Waals surface area (Å²) in [6.07, 6.45) is -7.96. The molecular weight excluding hydrogens is 245 g/mol. The molecule has 8 heteroatoms. The number of cyclic esters (lactones) is 2. The van der Waals surface area contributed by atoms with Gasteiger partial charge in [-0.1, -0.05) is 0 Å². The summed E-state index contributed by atoms with van der Waals surface area (Å²) in [4.78, 5) is 21.9. The van der Waals surface area contributed by atoms with Gasteiger partial charge in [0.15, 0.2) is 0 Å². The maximum absolute atomic E-state index is 12.8. The Morgan fingerprint density at radius 1 is 1.53 bits per heavy atom. The lowest BCUT2D eigenvalue weighted by Gasteiger charge is -2.36. The highest BCUT2D eigenvalue weighted by atomic mass is 19.4. The summed E-state index contributed by atoms with van der Waals surface area (Å²) in [5.74, 6) is -1.07. The molecule has 1 saturated heterocycles. The van der Waals surface area contributed by atoms with Crippen LogP contribution in [0.3, 0.4) is 0 Å². The molecule has 5 nitrogen and oxygen atoms in total. The van der Waals surface area contributed by atoms with E-state index in [-0.39, 0.29) is 6.61 Å². The SMILES string of the molecule is CCOC(=O)CC1(C(F)(F)F)CCOC(=O)O1. The predicted molar refractivity (Wildman–Crippen MR) is 47.1 cm³/mol. The molecule has 1 rings (SSSR count). The van der Waals surface area contributed by atoms with Gasteiger partial charge in [0.05, 0.1) is 19.6 Å². The Morgan fingerprint density at radius 3 is 2.65 bits per heavy atom. The number of carbonyl (C=O) groups excluding carboxylic acids is 2. The Bertz CT molecular complexity index is 314. The summed E-state index contributed by atoms with van der Waals surface area (Å²) in [6.45, 7) is 0.975. The molecule has 1 unspecified atom stereocenters. The van der Waals surface area contributed by atoms with E-state index in [1.54, 1.807) is 0 Å². The van der Waals surface area contributed by atoms with Crippen molar-refractivity contribution in [1.29, 1.82) is 0 Å². The van der Waals surface area contributed by atoms with Crippen molar-refractivity contribution >= 4 is 12.1 Å². The van der Waals surface area contributed by atoms with Gasteiger partial charge in [-0.15, -0.1) is 0 Å². The zero-order valence-corrected chi connectivity index (χ0v) is 9.00. The first-order valence-corrected chi connectivity index (χ1v) is 4.89. The molecule has 0 radical (unpaired) electrons. The Hall–Kier alpha value is -1.47. The van der Waals surface area contributed by atoms with Gasteiger partial charge in [-0.3, -0.25) is 4.79 Å². The topological polar surface area (TPSA) is 61.8 Å². The van der Waals surface area contributed by atoms with Crippen molar-refractivity contribution in [1.82, 2.24) is 0 Å². The van der Waals surface area contributed by atoms with E-state index >= 15 is 0 Å². The summed E-state index contributed by atoms with van der Waals surface area (Å²) in [5, 5.41) is 0. The highest BCUT2D eigenvalue weighted by Crippen LogP contribution is 2.41. The lowest BCUT2D eigenvalue weighted by molar-refractivity contribution is -0.281. The van der Waals surface area contributed by atoms with E-state index in [0.717, 1.165) is 0 Å². The van der Waals surface area contributed by atoms with E-state index < -0.39 is 43.4 Å². The standard InChI is InChI=1S/C9H11F3O5/c1-2-15-6(13)5-8(9(10,11)12)3-4-16-7(14)17-8/h2-5H2,1H3. The molecule has 0 aromatic heterocycles. The van der Waals surface area contributed by atoms with Gasteiger partial charge in [0.25, 0.3) is 0 Å². The third-order valence-electron chi connectivity index (χ3n) is 2.26. The fraction of sp³-hybridized carbons (Fsp3) is 0.778. The summed E-state index contributed by atoms with van der Waals surface area (Å²) in [7, 11) is 0. The highest BCUT2D eigenvalue weighted by molar-refractivity contribution is 5.72. The zero-order chi connectivity index (χ0) is 13.1. The maximum Gasteiger partial charge on any atom is 0.509 e. The minimum Gasteiger partial charge on any atom is -0.466 e. The second kappa shape index (κ2) is 4.80. The third-order valence-corrected chi connectivity index (χ3v) is 2.26. The lowest BCUT2D eigenvalue weighted by Crippen LogP contribution is -2.54. The second-order valence-corrected chi connectivity index (χ2v) is 3.42. The Morgan fingerprint density at radius 2 is 2.18 bits per heavy atom. The van der Waals surface area contributed by atoms with Crippen LogP contribution >= 0.6 is 0 Å². The zero-order valence-electron chi connectivity index (χ0n) is 9.00. The van der Waals surface area contributed by atoms with E-state index in [4.69, 9.17) is 0 Å². The van der Waals surface area contributed by atoms with Gasteiger partial charge < -0.3 is 14.2 Å². The molecule has 0 amide bonds. The predicted octanol–water partition coefficient (Wildman–Crippen LogP) is 1.80. The Labute approximate surface area is 94.8 Å². The number of halogens is 3. The smallest absolute Gasteiger partial charge is 0.466 e. The molecule has 0 aromatic rings. The van der Waals surface area contributed by atoms with Crippen molar-refractivity contribution in [3.05, 3.63) is 0 Å². The van der Waals surface area contributed by atoms with Crippen molar-refractivity contribution in [3.63, 3.8) is 0 Å². The van der Waals surface area contributed by atoms with Crippen molar-refractivity contribution in [2.75, 3.05) is 13.2 Å². The van der Waals surface area contributed by atoms with E-state index in [2.05, 4.69) is 14.2 Å². The molecule has 0 bridgehead atoms. The molecule has 1 aliphatic heterocycles. The number of carbonyl (C=O) groups is 2. The van der Waals surface area contributed by atoms with E-state index in [0.29, 0.717) is 0 Å². The van der Waals surface area contributed by atoms with Crippen LogP contribution in [0.25, 0.3) is 0 Å². The first-order valence-electron chi connectivity index (χ1n) is 4.89. The van der Waals surface area contributed by atoms with Crippen LogP contribution in [-0.2, 0) is 19.0 Å². The van der Waals surface area contributed by atoms with Crippen molar-refractivity contribution in [2.45, 2.75) is 31.5 Å². The Balaban J connectivity index is 2.86. The summed E-state index contributed by atoms with van der Waals surface area (Å²) in [5.41, 5.74) is -2.84. The van der Waals surface area contributed by atoms with Crippen LogP contribution in [0.5, 0.6) is 0 Å². The molecule has 0 saturated carbocycles. The first kappa shape index (κ1) is 13.6. The molecule has 0 aromatic carbocycles.